The zero-order valence-electron chi connectivity index (χ0n) is 10.5. The van der Waals surface area contributed by atoms with Gasteiger partial charge in [0.2, 0.25) is 0 Å². The number of aromatic nitrogens is 1. The average molecular weight is 302 g/mol. The lowest BCUT2D eigenvalue weighted by atomic mass is 10.1. The topological polar surface area (TPSA) is 62.2 Å². The molecule has 0 bridgehead atoms. The van der Waals surface area contributed by atoms with Gasteiger partial charge in [-0.2, -0.15) is 8.78 Å². The van der Waals surface area contributed by atoms with Gasteiger partial charge in [-0.25, -0.2) is 18.6 Å². The highest BCUT2D eigenvalue weighted by Gasteiger charge is 2.40. The van der Waals surface area contributed by atoms with Crippen molar-refractivity contribution in [2.75, 3.05) is 11.9 Å². The number of alkyl halides is 4. The Labute approximate surface area is 116 Å². The lowest BCUT2D eigenvalue weighted by Gasteiger charge is -2.17. The number of para-hydroxylation sites is 1. The molecule has 0 saturated heterocycles. The third kappa shape index (κ3) is 3.21. The zero-order chi connectivity index (χ0) is 15.6. The smallest absolute Gasteiger partial charge is 0.339 e. The monoisotopic (exact) mass is 302 g/mol. The molecule has 8 heteroatoms. The van der Waals surface area contributed by atoms with Crippen LogP contribution in [-0.4, -0.2) is 35.0 Å². The first kappa shape index (κ1) is 15.0. The fourth-order valence-corrected chi connectivity index (χ4v) is 1.69. The van der Waals surface area contributed by atoms with Crippen LogP contribution in [0, 0.1) is 0 Å². The maximum absolute atomic E-state index is 12.9. The molecule has 0 fully saturated rings. The molecule has 2 N–H and O–H groups in total. The van der Waals surface area contributed by atoms with E-state index in [9.17, 15) is 22.4 Å². The fourth-order valence-electron chi connectivity index (χ4n) is 1.69. The van der Waals surface area contributed by atoms with Crippen molar-refractivity contribution in [3.63, 3.8) is 0 Å². The highest BCUT2D eigenvalue weighted by molar-refractivity contribution is 5.98. The Morgan fingerprint density at radius 1 is 1.33 bits per heavy atom. The number of hydrogen-bond acceptors (Lipinski definition) is 3. The molecule has 0 spiro atoms. The molecule has 0 radical (unpaired) electrons. The standard InChI is InChI=1S/C13H10F4N2O2/c14-12(15)13(16,17)6-18-10-8(11(20)21)5-7-3-1-2-4-9(7)19-10/h1-5,12H,6H2,(H,18,19)(H,20,21). The Hall–Kier alpha value is -2.38. The molecule has 0 atom stereocenters. The van der Waals surface area contributed by atoms with Crippen molar-refractivity contribution in [1.29, 1.82) is 0 Å². The summed E-state index contributed by atoms with van der Waals surface area (Å²) < 4.78 is 50.0. The predicted octanol–water partition coefficient (Wildman–Crippen LogP) is 3.25. The minimum absolute atomic E-state index is 0.362. The van der Waals surface area contributed by atoms with Crippen LogP contribution in [0.1, 0.15) is 10.4 Å². The van der Waals surface area contributed by atoms with E-state index < -0.39 is 24.9 Å². The Kier molecular flexibility index (Phi) is 3.97. The number of nitrogens with zero attached hydrogens (tertiary/aromatic N) is 1. The van der Waals surface area contributed by atoms with E-state index in [0.29, 0.717) is 10.9 Å². The predicted molar refractivity (Wildman–Crippen MR) is 68.1 cm³/mol. The Bertz CT molecular complexity index is 676. The summed E-state index contributed by atoms with van der Waals surface area (Å²) in [7, 11) is 0. The molecule has 0 aliphatic rings. The molecule has 0 aliphatic heterocycles. The first-order valence-electron chi connectivity index (χ1n) is 5.84. The van der Waals surface area contributed by atoms with Crippen molar-refractivity contribution in [3.05, 3.63) is 35.9 Å². The number of benzene rings is 1. The number of fused-ring (bicyclic) bond motifs is 1. The van der Waals surface area contributed by atoms with Crippen LogP contribution in [0.15, 0.2) is 30.3 Å². The van der Waals surface area contributed by atoms with Gasteiger partial charge in [0.25, 0.3) is 0 Å². The van der Waals surface area contributed by atoms with Gasteiger partial charge in [0.1, 0.15) is 11.4 Å². The summed E-state index contributed by atoms with van der Waals surface area (Å²) in [4.78, 5) is 15.0. The number of pyridine rings is 1. The van der Waals surface area contributed by atoms with Crippen LogP contribution in [0.5, 0.6) is 0 Å². The van der Waals surface area contributed by atoms with Crippen LogP contribution in [0.2, 0.25) is 0 Å². The molecule has 21 heavy (non-hydrogen) atoms. The number of halogens is 4. The Morgan fingerprint density at radius 2 is 2.00 bits per heavy atom. The van der Waals surface area contributed by atoms with E-state index in [0.717, 1.165) is 0 Å². The van der Waals surface area contributed by atoms with Gasteiger partial charge in [0.05, 0.1) is 12.1 Å². The summed E-state index contributed by atoms with van der Waals surface area (Å²) in [6.07, 6.45) is -3.85. The van der Waals surface area contributed by atoms with Gasteiger partial charge in [-0.15, -0.1) is 0 Å². The SMILES string of the molecule is O=C(O)c1cc2ccccc2nc1NCC(F)(F)C(F)F. The van der Waals surface area contributed by atoms with Gasteiger partial charge in [-0.05, 0) is 12.1 Å². The van der Waals surface area contributed by atoms with Crippen molar-refractivity contribution >= 4 is 22.7 Å². The first-order valence-corrected chi connectivity index (χ1v) is 5.84. The first-order chi connectivity index (χ1) is 9.81. The van der Waals surface area contributed by atoms with Crippen molar-refractivity contribution < 1.29 is 27.5 Å². The molecule has 0 amide bonds. The molecule has 1 aromatic carbocycles. The molecular weight excluding hydrogens is 292 g/mol. The van der Waals surface area contributed by atoms with E-state index in [2.05, 4.69) is 4.98 Å². The zero-order valence-corrected chi connectivity index (χ0v) is 10.5. The van der Waals surface area contributed by atoms with Gasteiger partial charge in [-0.1, -0.05) is 18.2 Å². The van der Waals surface area contributed by atoms with Crippen molar-refractivity contribution in [2.45, 2.75) is 12.3 Å². The number of hydrogen-bond donors (Lipinski definition) is 2. The molecule has 0 aliphatic carbocycles. The van der Waals surface area contributed by atoms with Gasteiger partial charge in [0.15, 0.2) is 0 Å². The van der Waals surface area contributed by atoms with E-state index in [1.54, 1.807) is 24.3 Å². The lowest BCUT2D eigenvalue weighted by molar-refractivity contribution is -0.117. The molecular formula is C13H10F4N2O2. The van der Waals surface area contributed by atoms with Crippen LogP contribution in [-0.2, 0) is 0 Å². The van der Waals surface area contributed by atoms with Crippen LogP contribution in [0.3, 0.4) is 0 Å². The maximum atomic E-state index is 12.9. The molecule has 112 valence electrons. The third-order valence-electron chi connectivity index (χ3n) is 2.77. The van der Waals surface area contributed by atoms with Crippen LogP contribution in [0.25, 0.3) is 10.9 Å². The number of aromatic carboxylic acids is 1. The summed E-state index contributed by atoms with van der Waals surface area (Å²) in [5.74, 6) is -6.04. The molecule has 2 rings (SSSR count). The van der Waals surface area contributed by atoms with Gasteiger partial charge in [-0.3, -0.25) is 0 Å². The van der Waals surface area contributed by atoms with E-state index >= 15 is 0 Å². The number of anilines is 1. The molecule has 1 heterocycles. The number of rotatable bonds is 5. The number of carboxylic acids is 1. The normalized spacial score (nSPS) is 11.9. The van der Waals surface area contributed by atoms with Gasteiger partial charge >= 0.3 is 18.3 Å². The number of carboxylic acid groups (broad SMARTS) is 1. The second-order valence-corrected chi connectivity index (χ2v) is 4.30. The summed E-state index contributed by atoms with van der Waals surface area (Å²) in [5.41, 5.74) is 0.00382. The summed E-state index contributed by atoms with van der Waals surface area (Å²) >= 11 is 0. The minimum atomic E-state index is -4.27. The van der Waals surface area contributed by atoms with Crippen LogP contribution >= 0.6 is 0 Å². The van der Waals surface area contributed by atoms with E-state index in [1.807, 2.05) is 5.32 Å². The third-order valence-corrected chi connectivity index (χ3v) is 2.77. The maximum Gasteiger partial charge on any atom is 0.339 e. The molecule has 0 unspecified atom stereocenters. The highest BCUT2D eigenvalue weighted by atomic mass is 19.3. The average Bonchev–Trinajstić information content (AvgIpc) is 2.43. The van der Waals surface area contributed by atoms with E-state index in [-0.39, 0.29) is 11.4 Å². The van der Waals surface area contributed by atoms with Crippen molar-refractivity contribution in [2.24, 2.45) is 0 Å². The minimum Gasteiger partial charge on any atom is -0.478 e. The molecule has 2 aromatic rings. The quantitative estimate of drug-likeness (QED) is 0.832. The Balaban J connectivity index is 2.37. The van der Waals surface area contributed by atoms with Gasteiger partial charge < -0.3 is 10.4 Å². The number of nitrogens with one attached hydrogen (secondary N) is 1. The van der Waals surface area contributed by atoms with Crippen molar-refractivity contribution in [1.82, 2.24) is 4.98 Å². The summed E-state index contributed by atoms with van der Waals surface area (Å²) in [6.45, 7) is -1.41. The lowest BCUT2D eigenvalue weighted by Crippen LogP contribution is -2.35. The van der Waals surface area contributed by atoms with Crippen LogP contribution < -0.4 is 5.32 Å². The second-order valence-electron chi connectivity index (χ2n) is 4.30. The molecule has 4 nitrogen and oxygen atoms in total. The van der Waals surface area contributed by atoms with Gasteiger partial charge in [0, 0.05) is 5.39 Å². The Morgan fingerprint density at radius 3 is 2.62 bits per heavy atom. The second kappa shape index (κ2) is 5.55. The van der Waals surface area contributed by atoms with Crippen LogP contribution in [0.4, 0.5) is 23.4 Å². The summed E-state index contributed by atoms with van der Waals surface area (Å²) in [6, 6.07) is 7.69. The largest absolute Gasteiger partial charge is 0.478 e. The summed E-state index contributed by atoms with van der Waals surface area (Å²) in [5, 5.41) is 11.5. The highest BCUT2D eigenvalue weighted by Crippen LogP contribution is 2.25. The fraction of sp³-hybridized carbons (Fsp3) is 0.231. The molecule has 0 saturated carbocycles. The van der Waals surface area contributed by atoms with E-state index in [4.69, 9.17) is 5.11 Å². The van der Waals surface area contributed by atoms with Crippen molar-refractivity contribution in [3.8, 4) is 0 Å². The molecule has 1 aromatic heterocycles. The number of carbonyl (C=O) groups is 1. The van der Waals surface area contributed by atoms with E-state index in [1.165, 1.54) is 6.07 Å².